The molecule has 1 N–H and O–H groups in total. The molecule has 0 aliphatic rings. The topological polar surface area (TPSA) is 94.3 Å². The van der Waals surface area contributed by atoms with Gasteiger partial charge in [0.1, 0.15) is 6.61 Å². The summed E-state index contributed by atoms with van der Waals surface area (Å²) in [7, 11) is 0. The molecule has 3 heterocycles. The molecule has 3 aromatic heterocycles. The summed E-state index contributed by atoms with van der Waals surface area (Å²) in [6.07, 6.45) is 0. The number of anilines is 2. The monoisotopic (exact) mass is 380 g/mol. The number of hydrogen-bond acceptors (Lipinski definition) is 8. The predicted octanol–water partition coefficient (Wildman–Crippen LogP) is 3.30. The van der Waals surface area contributed by atoms with Crippen LogP contribution in [0.15, 0.2) is 41.8 Å². The highest BCUT2D eigenvalue weighted by Crippen LogP contribution is 2.21. The maximum Gasteiger partial charge on any atom is 0.378 e. The fraction of sp³-hybridized carbons (Fsp3) is 0.167. The van der Waals surface area contributed by atoms with Gasteiger partial charge in [0.05, 0.1) is 5.69 Å². The Morgan fingerprint density at radius 2 is 2.00 bits per heavy atom. The molecule has 0 spiro atoms. The van der Waals surface area contributed by atoms with E-state index in [0.29, 0.717) is 11.5 Å². The predicted molar refractivity (Wildman–Crippen MR) is 101 cm³/mol. The number of carbonyl (C=O) groups excluding carboxylic acids is 1. The number of esters is 1. The number of nitrogens with one attached hydrogen (secondary N) is 1. The van der Waals surface area contributed by atoms with Gasteiger partial charge in [0.2, 0.25) is 0 Å². The van der Waals surface area contributed by atoms with Crippen molar-refractivity contribution in [3.05, 3.63) is 64.7 Å². The molecule has 136 valence electrons. The second-order valence-electron chi connectivity index (χ2n) is 5.90. The Morgan fingerprint density at radius 1 is 1.19 bits per heavy atom. The van der Waals surface area contributed by atoms with Gasteiger partial charge in [-0.05, 0) is 32.0 Å². The molecule has 0 atom stereocenters. The minimum Gasteiger partial charge on any atom is -0.453 e. The van der Waals surface area contributed by atoms with Crippen LogP contribution in [0.4, 0.5) is 10.8 Å². The normalized spacial score (nSPS) is 10.9. The molecular weight excluding hydrogens is 364 g/mol. The third kappa shape index (κ3) is 3.77. The number of aryl methyl sites for hydroxylation is 2. The zero-order valence-corrected chi connectivity index (χ0v) is 15.5. The summed E-state index contributed by atoms with van der Waals surface area (Å²) in [6, 6.07) is 11.6. The smallest absolute Gasteiger partial charge is 0.378 e. The average Bonchev–Trinajstić information content (AvgIpc) is 3.27. The van der Waals surface area contributed by atoms with Crippen LogP contribution in [0.1, 0.15) is 27.7 Å². The summed E-state index contributed by atoms with van der Waals surface area (Å²) in [5, 5.41) is 9.94. The lowest BCUT2D eigenvalue weighted by molar-refractivity contribution is 0.0454. The van der Waals surface area contributed by atoms with E-state index in [4.69, 9.17) is 4.74 Å². The summed E-state index contributed by atoms with van der Waals surface area (Å²) in [6.45, 7) is 3.79. The van der Waals surface area contributed by atoms with E-state index in [1.165, 1.54) is 15.9 Å². The second-order valence-corrected chi connectivity index (χ2v) is 6.76. The second kappa shape index (κ2) is 7.12. The van der Waals surface area contributed by atoms with Crippen LogP contribution < -0.4 is 5.32 Å². The maximum atomic E-state index is 12.3. The van der Waals surface area contributed by atoms with Crippen LogP contribution in [-0.4, -0.2) is 30.5 Å². The Kier molecular flexibility index (Phi) is 4.51. The third-order valence-electron chi connectivity index (χ3n) is 3.73. The minimum absolute atomic E-state index is 0.0194. The zero-order valence-electron chi connectivity index (χ0n) is 14.7. The number of ether oxygens (including phenoxy) is 1. The zero-order chi connectivity index (χ0) is 18.8. The van der Waals surface area contributed by atoms with Crippen LogP contribution in [-0.2, 0) is 11.3 Å². The molecule has 0 aliphatic heterocycles. The molecule has 0 amide bonds. The lowest BCUT2D eigenvalue weighted by Gasteiger charge is -2.01. The molecule has 0 saturated carbocycles. The summed E-state index contributed by atoms with van der Waals surface area (Å²) in [5.41, 5.74) is 3.26. The first kappa shape index (κ1) is 17.1. The fourth-order valence-corrected chi connectivity index (χ4v) is 3.25. The van der Waals surface area contributed by atoms with Crippen LogP contribution in [0.5, 0.6) is 0 Å². The lowest BCUT2D eigenvalue weighted by atomic mass is 10.3. The molecule has 0 bridgehead atoms. The van der Waals surface area contributed by atoms with Crippen LogP contribution in [0.2, 0.25) is 0 Å². The van der Waals surface area contributed by atoms with Gasteiger partial charge in [0, 0.05) is 22.5 Å². The first-order chi connectivity index (χ1) is 13.1. The Hall–Kier alpha value is -3.33. The van der Waals surface area contributed by atoms with Crippen molar-refractivity contribution in [3.8, 4) is 0 Å². The quantitative estimate of drug-likeness (QED) is 0.531. The fourth-order valence-electron chi connectivity index (χ4n) is 2.53. The van der Waals surface area contributed by atoms with Gasteiger partial charge in [-0.25, -0.2) is 19.3 Å². The van der Waals surface area contributed by atoms with Gasteiger partial charge in [-0.2, -0.15) is 4.98 Å². The maximum absolute atomic E-state index is 12.3. The molecule has 1 aromatic carbocycles. The Labute approximate surface area is 158 Å². The molecule has 0 unspecified atom stereocenters. The van der Waals surface area contributed by atoms with Crippen molar-refractivity contribution in [3.63, 3.8) is 0 Å². The van der Waals surface area contributed by atoms with Crippen molar-refractivity contribution in [2.75, 3.05) is 5.32 Å². The Morgan fingerprint density at radius 3 is 2.81 bits per heavy atom. The first-order valence-corrected chi connectivity index (χ1v) is 9.11. The number of rotatable bonds is 5. The van der Waals surface area contributed by atoms with Crippen molar-refractivity contribution < 1.29 is 9.53 Å². The highest BCUT2D eigenvalue weighted by atomic mass is 32.1. The number of thiazole rings is 1. The van der Waals surface area contributed by atoms with Gasteiger partial charge >= 0.3 is 5.97 Å². The first-order valence-electron chi connectivity index (χ1n) is 8.23. The molecular formula is C18H16N6O2S. The van der Waals surface area contributed by atoms with Gasteiger partial charge in [0.25, 0.3) is 11.6 Å². The summed E-state index contributed by atoms with van der Waals surface area (Å²) < 4.78 is 6.81. The van der Waals surface area contributed by atoms with Crippen molar-refractivity contribution >= 4 is 33.9 Å². The van der Waals surface area contributed by atoms with Crippen LogP contribution in [0, 0.1) is 13.8 Å². The molecule has 4 aromatic rings. The molecule has 0 fully saturated rings. The van der Waals surface area contributed by atoms with E-state index < -0.39 is 5.97 Å². The number of para-hydroxylation sites is 1. The van der Waals surface area contributed by atoms with Crippen molar-refractivity contribution in [1.82, 2.24) is 24.6 Å². The third-order valence-corrected chi connectivity index (χ3v) is 4.54. The van der Waals surface area contributed by atoms with E-state index in [1.54, 1.807) is 0 Å². The number of benzene rings is 1. The van der Waals surface area contributed by atoms with Gasteiger partial charge in [-0.15, -0.1) is 16.4 Å². The lowest BCUT2D eigenvalue weighted by Crippen LogP contribution is -2.08. The molecule has 4 rings (SSSR count). The van der Waals surface area contributed by atoms with E-state index in [-0.39, 0.29) is 12.4 Å². The van der Waals surface area contributed by atoms with E-state index in [0.717, 1.165) is 22.2 Å². The number of aromatic nitrogens is 5. The van der Waals surface area contributed by atoms with Crippen LogP contribution in [0.3, 0.4) is 0 Å². The molecule has 8 nitrogen and oxygen atoms in total. The summed E-state index contributed by atoms with van der Waals surface area (Å²) in [4.78, 5) is 25.1. The van der Waals surface area contributed by atoms with E-state index >= 15 is 0 Å². The van der Waals surface area contributed by atoms with Gasteiger partial charge in [-0.3, -0.25) is 0 Å². The summed E-state index contributed by atoms with van der Waals surface area (Å²) in [5.74, 6) is -0.250. The van der Waals surface area contributed by atoms with Crippen molar-refractivity contribution in [2.24, 2.45) is 0 Å². The van der Waals surface area contributed by atoms with E-state index in [9.17, 15) is 4.79 Å². The minimum atomic E-state index is -0.608. The van der Waals surface area contributed by atoms with Crippen LogP contribution >= 0.6 is 11.3 Å². The standard InChI is InChI=1S/C18H16N6O2S/c1-11-8-12(2)24-17(19-11)22-15(23-24)16(25)26-9-14-10-27-18(21-14)20-13-6-4-3-5-7-13/h3-8,10H,9H2,1-2H3,(H,20,21). The van der Waals surface area contributed by atoms with E-state index in [2.05, 4.69) is 25.4 Å². The van der Waals surface area contributed by atoms with Crippen LogP contribution in [0.25, 0.3) is 5.78 Å². The Bertz CT molecular complexity index is 1110. The molecule has 9 heteroatoms. The molecule has 0 aliphatic carbocycles. The number of hydrogen-bond donors (Lipinski definition) is 1. The largest absolute Gasteiger partial charge is 0.453 e. The highest BCUT2D eigenvalue weighted by molar-refractivity contribution is 7.13. The van der Waals surface area contributed by atoms with Gasteiger partial charge in [-0.1, -0.05) is 18.2 Å². The van der Waals surface area contributed by atoms with E-state index in [1.807, 2.05) is 55.6 Å². The summed E-state index contributed by atoms with van der Waals surface area (Å²) >= 11 is 1.44. The molecule has 27 heavy (non-hydrogen) atoms. The highest BCUT2D eigenvalue weighted by Gasteiger charge is 2.17. The van der Waals surface area contributed by atoms with Gasteiger partial charge in [0.15, 0.2) is 5.13 Å². The number of nitrogens with zero attached hydrogens (tertiary/aromatic N) is 5. The molecule has 0 radical (unpaired) electrons. The number of carbonyl (C=O) groups is 1. The molecule has 0 saturated heterocycles. The Balaban J connectivity index is 1.42. The SMILES string of the molecule is Cc1cc(C)n2nc(C(=O)OCc3csc(Nc4ccccc4)n3)nc2n1. The van der Waals surface area contributed by atoms with Gasteiger partial charge < -0.3 is 10.1 Å². The average molecular weight is 380 g/mol. The number of fused-ring (bicyclic) bond motifs is 1. The van der Waals surface area contributed by atoms with Crippen molar-refractivity contribution in [1.29, 1.82) is 0 Å². The van der Waals surface area contributed by atoms with Crippen molar-refractivity contribution in [2.45, 2.75) is 20.5 Å².